The van der Waals surface area contributed by atoms with Crippen LogP contribution in [0.2, 0.25) is 0 Å². The van der Waals surface area contributed by atoms with Gasteiger partial charge in [-0.25, -0.2) is 8.42 Å². The first kappa shape index (κ1) is 23.4. The Kier molecular flexibility index (Phi) is 7.25. The third-order valence-corrected chi connectivity index (χ3v) is 5.48. The molecule has 0 radical (unpaired) electrons. The van der Waals surface area contributed by atoms with Crippen molar-refractivity contribution in [2.45, 2.75) is 38.7 Å². The van der Waals surface area contributed by atoms with Gasteiger partial charge >= 0.3 is 0 Å². The van der Waals surface area contributed by atoms with Gasteiger partial charge < -0.3 is 15.0 Å². The molecule has 0 spiro atoms. The molecule has 2 aromatic carbocycles. The average molecular weight is 433 g/mol. The van der Waals surface area contributed by atoms with Gasteiger partial charge in [-0.15, -0.1) is 0 Å². The zero-order valence-corrected chi connectivity index (χ0v) is 19.0. The van der Waals surface area contributed by atoms with Gasteiger partial charge in [0.15, 0.2) is 9.84 Å². The van der Waals surface area contributed by atoms with E-state index in [4.69, 9.17) is 4.74 Å². The number of anilines is 1. The number of ether oxygens (including phenoxy) is 1. The highest BCUT2D eigenvalue weighted by Crippen LogP contribution is 2.25. The van der Waals surface area contributed by atoms with Crippen LogP contribution in [0.1, 0.15) is 35.3 Å². The maximum atomic E-state index is 13.0. The largest absolute Gasteiger partial charge is 0.490 e. The first-order valence-corrected chi connectivity index (χ1v) is 11.4. The van der Waals surface area contributed by atoms with Crippen molar-refractivity contribution < 1.29 is 22.7 Å². The smallest absolute Gasteiger partial charge is 0.257 e. The van der Waals surface area contributed by atoms with Crippen molar-refractivity contribution in [1.82, 2.24) is 4.90 Å². The van der Waals surface area contributed by atoms with Gasteiger partial charge in [0.25, 0.3) is 5.91 Å². The lowest BCUT2D eigenvalue weighted by Crippen LogP contribution is -2.35. The minimum Gasteiger partial charge on any atom is -0.490 e. The maximum absolute atomic E-state index is 13.0. The van der Waals surface area contributed by atoms with Gasteiger partial charge in [0, 0.05) is 19.0 Å². The monoisotopic (exact) mass is 432 g/mol. The van der Waals surface area contributed by atoms with E-state index in [-0.39, 0.29) is 34.8 Å². The van der Waals surface area contributed by atoms with Crippen molar-refractivity contribution in [3.8, 4) is 5.75 Å². The third-order valence-electron chi connectivity index (χ3n) is 4.37. The van der Waals surface area contributed by atoms with Crippen molar-refractivity contribution in [2.24, 2.45) is 0 Å². The molecule has 0 atom stereocenters. The number of benzene rings is 2. The Hall–Kier alpha value is -2.87. The topological polar surface area (TPSA) is 92.8 Å². The number of rotatable bonds is 7. The molecule has 0 aliphatic rings. The standard InChI is InChI=1S/C22H28N2O5S/c1-14(2)29-20-10-9-17(30(6,27)28)12-18(20)22(26)24(5)13-21(25)23-19-11-15(3)7-8-16(19)4/h7-12,14H,13H2,1-6H3,(H,23,25). The lowest BCUT2D eigenvalue weighted by Gasteiger charge is -2.20. The molecule has 0 aliphatic carbocycles. The van der Waals surface area contributed by atoms with Crippen LogP contribution >= 0.6 is 0 Å². The van der Waals surface area contributed by atoms with Gasteiger partial charge in [-0.1, -0.05) is 12.1 Å². The summed E-state index contributed by atoms with van der Waals surface area (Å²) in [7, 11) is -2.02. The minimum atomic E-state index is -3.51. The summed E-state index contributed by atoms with van der Waals surface area (Å²) >= 11 is 0. The Morgan fingerprint density at radius 2 is 1.77 bits per heavy atom. The number of hydrogen-bond acceptors (Lipinski definition) is 5. The highest BCUT2D eigenvalue weighted by Gasteiger charge is 2.22. The zero-order valence-electron chi connectivity index (χ0n) is 18.1. The molecule has 0 saturated heterocycles. The van der Waals surface area contributed by atoms with Crippen molar-refractivity contribution in [1.29, 1.82) is 0 Å². The summed E-state index contributed by atoms with van der Waals surface area (Å²) in [4.78, 5) is 26.7. The van der Waals surface area contributed by atoms with E-state index in [0.29, 0.717) is 5.69 Å². The van der Waals surface area contributed by atoms with E-state index in [2.05, 4.69) is 5.32 Å². The molecular weight excluding hydrogens is 404 g/mol. The molecule has 0 aliphatic heterocycles. The van der Waals surface area contributed by atoms with Crippen LogP contribution in [0, 0.1) is 13.8 Å². The average Bonchev–Trinajstić information content (AvgIpc) is 2.63. The second-order valence-electron chi connectivity index (χ2n) is 7.62. The first-order valence-electron chi connectivity index (χ1n) is 9.52. The number of nitrogens with zero attached hydrogens (tertiary/aromatic N) is 1. The number of likely N-dealkylation sites (N-methyl/N-ethyl adjacent to an activating group) is 1. The van der Waals surface area contributed by atoms with Crippen LogP contribution in [0.15, 0.2) is 41.3 Å². The second-order valence-corrected chi connectivity index (χ2v) is 9.64. The van der Waals surface area contributed by atoms with Crippen molar-refractivity contribution in [3.63, 3.8) is 0 Å². The molecule has 0 bridgehead atoms. The Balaban J connectivity index is 2.25. The predicted molar refractivity (Wildman–Crippen MR) is 117 cm³/mol. The summed E-state index contributed by atoms with van der Waals surface area (Å²) in [5, 5.41) is 2.81. The normalized spacial score (nSPS) is 11.3. The number of carbonyl (C=O) groups excluding carboxylic acids is 2. The lowest BCUT2D eigenvalue weighted by molar-refractivity contribution is -0.116. The minimum absolute atomic E-state index is 0.00944. The lowest BCUT2D eigenvalue weighted by atomic mass is 10.1. The predicted octanol–water partition coefficient (Wildman–Crippen LogP) is 3.20. The Bertz CT molecular complexity index is 1060. The van der Waals surface area contributed by atoms with E-state index < -0.39 is 15.7 Å². The molecule has 2 rings (SSSR count). The van der Waals surface area contributed by atoms with E-state index in [1.54, 1.807) is 13.8 Å². The molecule has 2 amide bonds. The van der Waals surface area contributed by atoms with E-state index in [1.807, 2.05) is 32.0 Å². The van der Waals surface area contributed by atoms with E-state index >= 15 is 0 Å². The van der Waals surface area contributed by atoms with E-state index in [9.17, 15) is 18.0 Å². The molecule has 2 aromatic rings. The summed E-state index contributed by atoms with van der Waals surface area (Å²) in [6, 6.07) is 9.87. The van der Waals surface area contributed by atoms with Crippen LogP contribution in [-0.4, -0.2) is 51.1 Å². The Labute approximate surface area is 178 Å². The quantitative estimate of drug-likeness (QED) is 0.725. The number of aryl methyl sites for hydroxylation is 2. The Morgan fingerprint density at radius 3 is 2.37 bits per heavy atom. The molecule has 0 heterocycles. The molecule has 30 heavy (non-hydrogen) atoms. The van der Waals surface area contributed by atoms with Crippen LogP contribution in [0.25, 0.3) is 0 Å². The third kappa shape index (κ3) is 6.06. The summed E-state index contributed by atoms with van der Waals surface area (Å²) in [6.07, 6.45) is 0.861. The van der Waals surface area contributed by atoms with Crippen molar-refractivity contribution in [2.75, 3.05) is 25.2 Å². The van der Waals surface area contributed by atoms with Gasteiger partial charge in [0.05, 0.1) is 23.1 Å². The number of carbonyl (C=O) groups is 2. The highest BCUT2D eigenvalue weighted by atomic mass is 32.2. The van der Waals surface area contributed by atoms with Crippen LogP contribution in [0.5, 0.6) is 5.75 Å². The number of nitrogens with one attached hydrogen (secondary N) is 1. The van der Waals surface area contributed by atoms with Gasteiger partial charge in [-0.05, 0) is 63.1 Å². The van der Waals surface area contributed by atoms with Crippen molar-refractivity contribution >= 4 is 27.3 Å². The van der Waals surface area contributed by atoms with Crippen LogP contribution in [0.3, 0.4) is 0 Å². The van der Waals surface area contributed by atoms with E-state index in [0.717, 1.165) is 17.4 Å². The van der Waals surface area contributed by atoms with Gasteiger partial charge in [-0.3, -0.25) is 9.59 Å². The molecular formula is C22H28N2O5S. The molecule has 1 N–H and O–H groups in total. The molecule has 0 unspecified atom stereocenters. The summed E-state index contributed by atoms with van der Waals surface area (Å²) in [5.41, 5.74) is 2.70. The fraction of sp³-hybridized carbons (Fsp3) is 0.364. The van der Waals surface area contributed by atoms with Crippen LogP contribution in [0.4, 0.5) is 5.69 Å². The molecule has 8 heteroatoms. The number of amides is 2. The second kappa shape index (κ2) is 9.30. The van der Waals surface area contributed by atoms with Gasteiger partial charge in [-0.2, -0.15) is 0 Å². The number of sulfone groups is 1. The molecule has 0 fully saturated rings. The first-order chi connectivity index (χ1) is 13.9. The summed E-state index contributed by atoms with van der Waals surface area (Å²) < 4.78 is 29.5. The Morgan fingerprint density at radius 1 is 1.10 bits per heavy atom. The SMILES string of the molecule is Cc1ccc(C)c(NC(=O)CN(C)C(=O)c2cc(S(C)(=O)=O)ccc2OC(C)C)c1. The summed E-state index contributed by atoms with van der Waals surface area (Å²) in [5.74, 6) is -0.596. The molecule has 162 valence electrons. The van der Waals surface area contributed by atoms with Crippen LogP contribution < -0.4 is 10.1 Å². The molecule has 7 nitrogen and oxygen atoms in total. The number of hydrogen-bond donors (Lipinski definition) is 1. The van der Waals surface area contributed by atoms with Gasteiger partial charge in [0.1, 0.15) is 5.75 Å². The highest BCUT2D eigenvalue weighted by molar-refractivity contribution is 7.90. The summed E-state index contributed by atoms with van der Waals surface area (Å²) in [6.45, 7) is 7.22. The fourth-order valence-corrected chi connectivity index (χ4v) is 3.46. The van der Waals surface area contributed by atoms with Gasteiger partial charge in [0.2, 0.25) is 5.91 Å². The fourth-order valence-electron chi connectivity index (χ4n) is 2.82. The zero-order chi connectivity index (χ0) is 22.6. The van der Waals surface area contributed by atoms with E-state index in [1.165, 1.54) is 30.1 Å². The van der Waals surface area contributed by atoms with Crippen molar-refractivity contribution in [3.05, 3.63) is 53.1 Å². The van der Waals surface area contributed by atoms with Crippen LogP contribution in [-0.2, 0) is 14.6 Å². The molecule has 0 aromatic heterocycles. The molecule has 0 saturated carbocycles. The maximum Gasteiger partial charge on any atom is 0.257 e.